The van der Waals surface area contributed by atoms with E-state index >= 15 is 0 Å². The predicted molar refractivity (Wildman–Crippen MR) is 104 cm³/mol. The molecule has 1 fully saturated rings. The Labute approximate surface area is 146 Å². The second-order valence-electron chi connectivity index (χ2n) is 9.09. The van der Waals surface area contributed by atoms with Crippen molar-refractivity contribution in [1.29, 1.82) is 0 Å². The van der Waals surface area contributed by atoms with Gasteiger partial charge >= 0.3 is 0 Å². The average molecular weight is 323 g/mol. The molecule has 2 unspecified atom stereocenters. The molecule has 0 aromatic carbocycles. The molecule has 1 saturated heterocycles. The van der Waals surface area contributed by atoms with E-state index < -0.39 is 0 Å². The molecule has 1 heterocycles. The molecule has 0 aromatic heterocycles. The first kappa shape index (κ1) is 20.5. The van der Waals surface area contributed by atoms with Crippen LogP contribution in [0.3, 0.4) is 0 Å². The van der Waals surface area contributed by atoms with Crippen LogP contribution in [0.2, 0.25) is 0 Å². The molecule has 2 heteroatoms. The second-order valence-corrected chi connectivity index (χ2v) is 9.09. The van der Waals surface area contributed by atoms with Crippen molar-refractivity contribution >= 4 is 0 Å². The molecular formula is C21H42N2. The van der Waals surface area contributed by atoms with Crippen LogP contribution in [-0.2, 0) is 0 Å². The third kappa shape index (κ3) is 5.24. The van der Waals surface area contributed by atoms with E-state index in [1.165, 1.54) is 38.2 Å². The largest absolute Gasteiger partial charge is 0.372 e. The van der Waals surface area contributed by atoms with Gasteiger partial charge in [-0.05, 0) is 16.7 Å². The van der Waals surface area contributed by atoms with Gasteiger partial charge in [0.1, 0.15) is 0 Å². The van der Waals surface area contributed by atoms with Crippen molar-refractivity contribution in [2.24, 2.45) is 22.7 Å². The summed E-state index contributed by atoms with van der Waals surface area (Å²) in [6.07, 6.45) is 2.46. The molecule has 0 radical (unpaired) electrons. The molecule has 0 N–H and O–H groups in total. The summed E-state index contributed by atoms with van der Waals surface area (Å²) in [5, 5.41) is 0. The smallest absolute Gasteiger partial charge is 0.0303 e. The lowest BCUT2D eigenvalue weighted by Gasteiger charge is -2.44. The summed E-state index contributed by atoms with van der Waals surface area (Å²) in [5.74, 6) is 1.30. The Morgan fingerprint density at radius 3 is 1.83 bits per heavy atom. The van der Waals surface area contributed by atoms with E-state index in [1.54, 1.807) is 0 Å². The molecule has 0 bridgehead atoms. The van der Waals surface area contributed by atoms with Gasteiger partial charge < -0.3 is 4.90 Å². The van der Waals surface area contributed by atoms with Crippen LogP contribution in [0.1, 0.15) is 68.2 Å². The van der Waals surface area contributed by atoms with Gasteiger partial charge in [0.2, 0.25) is 0 Å². The predicted octanol–water partition coefficient (Wildman–Crippen LogP) is 5.26. The van der Waals surface area contributed by atoms with Crippen LogP contribution in [0.5, 0.6) is 0 Å². The Bertz CT molecular complexity index is 375. The van der Waals surface area contributed by atoms with Crippen molar-refractivity contribution < 1.29 is 0 Å². The van der Waals surface area contributed by atoms with Gasteiger partial charge in [-0.3, -0.25) is 4.90 Å². The van der Waals surface area contributed by atoms with Crippen LogP contribution >= 0.6 is 0 Å². The highest BCUT2D eigenvalue weighted by Crippen LogP contribution is 2.36. The summed E-state index contributed by atoms with van der Waals surface area (Å²) in [6.45, 7) is 29.2. The summed E-state index contributed by atoms with van der Waals surface area (Å²) in [6, 6.07) is 0. The average Bonchev–Trinajstić information content (AvgIpc) is 2.53. The van der Waals surface area contributed by atoms with E-state index in [2.05, 4.69) is 71.8 Å². The van der Waals surface area contributed by atoms with Crippen molar-refractivity contribution in [2.45, 2.75) is 68.2 Å². The molecule has 0 spiro atoms. The van der Waals surface area contributed by atoms with Crippen LogP contribution < -0.4 is 0 Å². The van der Waals surface area contributed by atoms with Crippen LogP contribution in [0.4, 0.5) is 0 Å². The Kier molecular flexibility index (Phi) is 7.19. The topological polar surface area (TPSA) is 6.48 Å². The molecule has 0 saturated carbocycles. The minimum Gasteiger partial charge on any atom is -0.372 e. The minimum absolute atomic E-state index is 0.341. The number of allylic oxidation sites excluding steroid dienone is 1. The van der Waals surface area contributed by atoms with Crippen molar-refractivity contribution in [2.75, 3.05) is 32.7 Å². The number of piperazine rings is 1. The molecule has 136 valence electrons. The van der Waals surface area contributed by atoms with Gasteiger partial charge in [0.15, 0.2) is 0 Å². The summed E-state index contributed by atoms with van der Waals surface area (Å²) in [5.41, 5.74) is 2.13. The first-order valence-corrected chi connectivity index (χ1v) is 9.71. The summed E-state index contributed by atoms with van der Waals surface area (Å²) in [4.78, 5) is 5.19. The molecule has 23 heavy (non-hydrogen) atoms. The van der Waals surface area contributed by atoms with Gasteiger partial charge in [-0.15, -0.1) is 0 Å². The lowest BCUT2D eigenvalue weighted by atomic mass is 9.76. The third-order valence-corrected chi connectivity index (χ3v) is 7.14. The monoisotopic (exact) mass is 322 g/mol. The molecular weight excluding hydrogens is 280 g/mol. The van der Waals surface area contributed by atoms with Gasteiger partial charge in [-0.2, -0.15) is 0 Å². The second kappa shape index (κ2) is 8.05. The quantitative estimate of drug-likeness (QED) is 0.601. The Hall–Kier alpha value is -0.500. The number of hydrogen-bond acceptors (Lipinski definition) is 2. The summed E-state index contributed by atoms with van der Waals surface area (Å²) >= 11 is 0. The lowest BCUT2D eigenvalue weighted by molar-refractivity contribution is 0.0904. The molecule has 0 aliphatic carbocycles. The van der Waals surface area contributed by atoms with Crippen LogP contribution in [0.15, 0.2) is 12.3 Å². The number of hydrogen-bond donors (Lipinski definition) is 0. The van der Waals surface area contributed by atoms with E-state index in [-0.39, 0.29) is 0 Å². The molecule has 1 aliphatic heterocycles. The van der Waals surface area contributed by atoms with Crippen molar-refractivity contribution in [3.05, 3.63) is 12.3 Å². The maximum atomic E-state index is 4.44. The highest BCUT2D eigenvalue weighted by molar-refractivity contribution is 5.04. The first-order chi connectivity index (χ1) is 10.5. The molecule has 0 aromatic rings. The van der Waals surface area contributed by atoms with Gasteiger partial charge in [-0.25, -0.2) is 0 Å². The molecule has 2 nitrogen and oxygen atoms in total. The van der Waals surface area contributed by atoms with Gasteiger partial charge in [-0.1, -0.05) is 74.8 Å². The normalized spacial score (nSPS) is 20.4. The zero-order valence-electron chi connectivity index (χ0n) is 17.2. The van der Waals surface area contributed by atoms with E-state index in [0.717, 1.165) is 19.0 Å². The fourth-order valence-corrected chi connectivity index (χ4v) is 3.23. The van der Waals surface area contributed by atoms with Gasteiger partial charge in [0.25, 0.3) is 0 Å². The van der Waals surface area contributed by atoms with Gasteiger partial charge in [0.05, 0.1) is 0 Å². The van der Waals surface area contributed by atoms with E-state index in [0.29, 0.717) is 16.7 Å². The van der Waals surface area contributed by atoms with Crippen molar-refractivity contribution in [3.63, 3.8) is 0 Å². The summed E-state index contributed by atoms with van der Waals surface area (Å²) in [7, 11) is 0. The standard InChI is InChI=1S/C21H42N2/c1-10-20(6,7)17(3)16-22-12-14-23(15-13-22)19(5)18(4)21(8,9)11-2/h17-18H,5,10-16H2,1-4,6-9H3. The lowest BCUT2D eigenvalue weighted by Crippen LogP contribution is -2.49. The third-order valence-electron chi connectivity index (χ3n) is 7.14. The molecule has 2 atom stereocenters. The van der Waals surface area contributed by atoms with E-state index in [1.807, 2.05) is 0 Å². The van der Waals surface area contributed by atoms with Crippen LogP contribution in [0.25, 0.3) is 0 Å². The van der Waals surface area contributed by atoms with Crippen LogP contribution in [0, 0.1) is 22.7 Å². The Morgan fingerprint density at radius 2 is 1.39 bits per heavy atom. The van der Waals surface area contributed by atoms with Crippen LogP contribution in [-0.4, -0.2) is 42.5 Å². The Balaban J connectivity index is 2.51. The first-order valence-electron chi connectivity index (χ1n) is 9.71. The maximum absolute atomic E-state index is 4.44. The van der Waals surface area contributed by atoms with E-state index in [4.69, 9.17) is 0 Å². The zero-order chi connectivity index (χ0) is 17.8. The highest BCUT2D eigenvalue weighted by Gasteiger charge is 2.31. The van der Waals surface area contributed by atoms with E-state index in [9.17, 15) is 0 Å². The van der Waals surface area contributed by atoms with Crippen molar-refractivity contribution in [1.82, 2.24) is 9.80 Å². The molecule has 1 aliphatic rings. The SMILES string of the molecule is C=C(C(C)C(C)(C)CC)N1CCN(CC(C)C(C)(C)CC)CC1. The van der Waals surface area contributed by atoms with Crippen molar-refractivity contribution in [3.8, 4) is 0 Å². The van der Waals surface area contributed by atoms with Gasteiger partial charge in [0, 0.05) is 44.3 Å². The Morgan fingerprint density at radius 1 is 0.913 bits per heavy atom. The zero-order valence-corrected chi connectivity index (χ0v) is 17.2. The highest BCUT2D eigenvalue weighted by atomic mass is 15.3. The fourth-order valence-electron chi connectivity index (χ4n) is 3.23. The fraction of sp³-hybridized carbons (Fsp3) is 0.905. The maximum Gasteiger partial charge on any atom is 0.0303 e. The number of rotatable bonds is 8. The molecule has 1 rings (SSSR count). The number of nitrogens with zero attached hydrogens (tertiary/aromatic N) is 2. The minimum atomic E-state index is 0.341. The molecule has 0 amide bonds. The summed E-state index contributed by atoms with van der Waals surface area (Å²) < 4.78 is 0.